The number of nitrogens with one attached hydrogen (secondary N) is 1. The molecule has 1 heterocycles. The van der Waals surface area contributed by atoms with E-state index in [2.05, 4.69) is 15.5 Å². The van der Waals surface area contributed by atoms with Gasteiger partial charge in [-0.15, -0.1) is 10.2 Å². The van der Waals surface area contributed by atoms with Crippen LogP contribution in [0.2, 0.25) is 0 Å². The molecule has 2 aromatic rings. The van der Waals surface area contributed by atoms with E-state index in [-0.39, 0.29) is 18.3 Å². The monoisotopic (exact) mass is 248 g/mol. The maximum Gasteiger partial charge on any atom is 0.251 e. The summed E-state index contributed by atoms with van der Waals surface area (Å²) in [6.45, 7) is 1.98. The number of halogens is 1. The molecule has 0 unspecified atom stereocenters. The van der Waals surface area contributed by atoms with E-state index in [0.29, 0.717) is 17.0 Å². The highest BCUT2D eigenvalue weighted by atomic mass is 19.1. The van der Waals surface area contributed by atoms with Crippen LogP contribution in [0.3, 0.4) is 0 Å². The van der Waals surface area contributed by atoms with Crippen molar-refractivity contribution in [1.82, 2.24) is 20.1 Å². The number of carbonyl (C=O) groups is 1. The summed E-state index contributed by atoms with van der Waals surface area (Å²) in [6, 6.07) is 4.07. The molecular weight excluding hydrogens is 235 g/mol. The highest BCUT2D eigenvalue weighted by Gasteiger charge is 2.10. The Morgan fingerprint density at radius 2 is 2.28 bits per heavy atom. The Bertz CT molecular complexity index is 579. The Morgan fingerprint density at radius 3 is 2.89 bits per heavy atom. The van der Waals surface area contributed by atoms with Gasteiger partial charge in [0.05, 0.1) is 6.54 Å². The molecule has 1 aromatic carbocycles. The van der Waals surface area contributed by atoms with E-state index in [0.717, 1.165) is 0 Å². The van der Waals surface area contributed by atoms with Gasteiger partial charge in [-0.25, -0.2) is 4.39 Å². The minimum atomic E-state index is -0.350. The number of benzene rings is 1. The number of hydrogen-bond donors (Lipinski definition) is 1. The van der Waals surface area contributed by atoms with Gasteiger partial charge in [-0.1, -0.05) is 0 Å². The minimum Gasteiger partial charge on any atom is -0.345 e. The van der Waals surface area contributed by atoms with Crippen LogP contribution >= 0.6 is 0 Å². The lowest BCUT2D eigenvalue weighted by Gasteiger charge is -2.07. The number of hydrogen-bond acceptors (Lipinski definition) is 3. The predicted molar refractivity (Wildman–Crippen MR) is 63.3 cm³/mol. The molecule has 94 valence electrons. The second-order valence-electron chi connectivity index (χ2n) is 4.00. The first-order chi connectivity index (χ1) is 8.58. The molecule has 0 spiro atoms. The highest BCUT2D eigenvalue weighted by molar-refractivity contribution is 5.95. The first-order valence-corrected chi connectivity index (χ1v) is 5.45. The van der Waals surface area contributed by atoms with Crippen LogP contribution in [0.25, 0.3) is 0 Å². The summed E-state index contributed by atoms with van der Waals surface area (Å²) in [6.07, 6.45) is 1.56. The van der Waals surface area contributed by atoms with Crippen LogP contribution in [0.15, 0.2) is 24.5 Å². The highest BCUT2D eigenvalue weighted by Crippen LogP contribution is 2.10. The Hall–Kier alpha value is -2.24. The molecular formula is C12H13FN4O. The smallest absolute Gasteiger partial charge is 0.251 e. The molecule has 0 aliphatic carbocycles. The van der Waals surface area contributed by atoms with E-state index >= 15 is 0 Å². The summed E-state index contributed by atoms with van der Waals surface area (Å²) in [5.74, 6) is 0.0518. The lowest BCUT2D eigenvalue weighted by Crippen LogP contribution is -2.25. The van der Waals surface area contributed by atoms with Gasteiger partial charge in [-0.2, -0.15) is 0 Å². The second-order valence-corrected chi connectivity index (χ2v) is 4.00. The van der Waals surface area contributed by atoms with Crippen molar-refractivity contribution >= 4 is 5.91 Å². The zero-order valence-corrected chi connectivity index (χ0v) is 10.1. The summed E-state index contributed by atoms with van der Waals surface area (Å²) in [7, 11) is 1.80. The molecule has 0 atom stereocenters. The van der Waals surface area contributed by atoms with Crippen molar-refractivity contribution < 1.29 is 9.18 Å². The molecule has 0 bridgehead atoms. The zero-order chi connectivity index (χ0) is 13.1. The van der Waals surface area contributed by atoms with E-state index in [1.807, 2.05) is 0 Å². The van der Waals surface area contributed by atoms with Gasteiger partial charge in [0.2, 0.25) is 0 Å². The molecule has 0 aliphatic heterocycles. The fourth-order valence-electron chi connectivity index (χ4n) is 1.60. The van der Waals surface area contributed by atoms with E-state index in [1.165, 1.54) is 18.2 Å². The van der Waals surface area contributed by atoms with Crippen molar-refractivity contribution in [2.75, 3.05) is 0 Å². The predicted octanol–water partition coefficient (Wildman–Crippen LogP) is 1.19. The van der Waals surface area contributed by atoms with Crippen molar-refractivity contribution in [1.29, 1.82) is 0 Å². The summed E-state index contributed by atoms with van der Waals surface area (Å²) in [5.41, 5.74) is 1.06. The van der Waals surface area contributed by atoms with Crippen molar-refractivity contribution in [2.45, 2.75) is 13.5 Å². The van der Waals surface area contributed by atoms with Gasteiger partial charge in [0, 0.05) is 12.6 Å². The molecule has 18 heavy (non-hydrogen) atoms. The first kappa shape index (κ1) is 12.2. The van der Waals surface area contributed by atoms with Crippen molar-refractivity contribution in [2.24, 2.45) is 7.05 Å². The SMILES string of the molecule is Cc1cc(F)ccc1C(=O)NCc1nncn1C. The van der Waals surface area contributed by atoms with Gasteiger partial charge < -0.3 is 9.88 Å². The van der Waals surface area contributed by atoms with E-state index in [4.69, 9.17) is 0 Å². The Labute approximate surface area is 104 Å². The van der Waals surface area contributed by atoms with Crippen LogP contribution in [-0.2, 0) is 13.6 Å². The summed E-state index contributed by atoms with van der Waals surface area (Å²) in [4.78, 5) is 11.9. The molecule has 2 rings (SSSR count). The molecule has 0 fully saturated rings. The molecule has 0 saturated carbocycles. The van der Waals surface area contributed by atoms with Gasteiger partial charge in [0.15, 0.2) is 5.82 Å². The van der Waals surface area contributed by atoms with E-state index in [9.17, 15) is 9.18 Å². The number of aromatic nitrogens is 3. The molecule has 6 heteroatoms. The number of amides is 1. The summed E-state index contributed by atoms with van der Waals surface area (Å²) >= 11 is 0. The average Bonchev–Trinajstić information content (AvgIpc) is 2.72. The standard InChI is InChI=1S/C12H13FN4O/c1-8-5-9(13)3-4-10(8)12(18)14-6-11-16-15-7-17(11)2/h3-5,7H,6H2,1-2H3,(H,14,18). The van der Waals surface area contributed by atoms with Crippen molar-refractivity contribution in [3.63, 3.8) is 0 Å². The number of aryl methyl sites for hydroxylation is 2. The van der Waals surface area contributed by atoms with Gasteiger partial charge >= 0.3 is 0 Å². The van der Waals surface area contributed by atoms with E-state index in [1.54, 1.807) is 24.9 Å². The molecule has 1 N–H and O–H groups in total. The third kappa shape index (κ3) is 2.53. The maximum absolute atomic E-state index is 12.9. The summed E-state index contributed by atoms with van der Waals surface area (Å²) < 4.78 is 14.6. The van der Waals surface area contributed by atoms with Crippen LogP contribution < -0.4 is 5.32 Å². The third-order valence-electron chi connectivity index (χ3n) is 2.65. The van der Waals surface area contributed by atoms with Gasteiger partial charge in [-0.05, 0) is 30.7 Å². The molecule has 0 saturated heterocycles. The molecule has 0 radical (unpaired) electrons. The van der Waals surface area contributed by atoms with Crippen LogP contribution in [0.1, 0.15) is 21.7 Å². The van der Waals surface area contributed by atoms with Crippen molar-refractivity contribution in [3.05, 3.63) is 47.3 Å². The number of nitrogens with zero attached hydrogens (tertiary/aromatic N) is 3. The summed E-state index contributed by atoms with van der Waals surface area (Å²) in [5, 5.41) is 10.3. The third-order valence-corrected chi connectivity index (χ3v) is 2.65. The lowest BCUT2D eigenvalue weighted by molar-refractivity contribution is 0.0949. The average molecular weight is 248 g/mol. The largest absolute Gasteiger partial charge is 0.345 e. The van der Waals surface area contributed by atoms with Crippen LogP contribution in [0.5, 0.6) is 0 Å². The second kappa shape index (κ2) is 4.95. The molecule has 1 amide bonds. The maximum atomic E-state index is 12.9. The van der Waals surface area contributed by atoms with Gasteiger partial charge in [0.1, 0.15) is 12.1 Å². The minimum absolute atomic E-state index is 0.254. The quantitative estimate of drug-likeness (QED) is 0.887. The topological polar surface area (TPSA) is 59.8 Å². The number of rotatable bonds is 3. The fraction of sp³-hybridized carbons (Fsp3) is 0.250. The first-order valence-electron chi connectivity index (χ1n) is 5.45. The normalized spacial score (nSPS) is 10.4. The van der Waals surface area contributed by atoms with Crippen LogP contribution in [0, 0.1) is 12.7 Å². The lowest BCUT2D eigenvalue weighted by atomic mass is 10.1. The fourth-order valence-corrected chi connectivity index (χ4v) is 1.60. The Morgan fingerprint density at radius 1 is 1.50 bits per heavy atom. The van der Waals surface area contributed by atoms with Gasteiger partial charge in [-0.3, -0.25) is 4.79 Å². The van der Waals surface area contributed by atoms with Crippen LogP contribution in [0.4, 0.5) is 4.39 Å². The molecule has 0 aliphatic rings. The van der Waals surface area contributed by atoms with Gasteiger partial charge in [0.25, 0.3) is 5.91 Å². The Kier molecular flexibility index (Phi) is 3.36. The number of carbonyl (C=O) groups excluding carboxylic acids is 1. The molecule has 1 aromatic heterocycles. The van der Waals surface area contributed by atoms with Crippen LogP contribution in [-0.4, -0.2) is 20.7 Å². The Balaban J connectivity index is 2.06. The molecule has 5 nitrogen and oxygen atoms in total. The van der Waals surface area contributed by atoms with Crippen molar-refractivity contribution in [3.8, 4) is 0 Å². The zero-order valence-electron chi connectivity index (χ0n) is 10.1. The van der Waals surface area contributed by atoms with E-state index < -0.39 is 0 Å².